The van der Waals surface area contributed by atoms with Gasteiger partial charge in [0, 0.05) is 0 Å². The van der Waals surface area contributed by atoms with E-state index in [0.717, 1.165) is 6.42 Å². The normalized spacial score (nSPS) is 9.67. The van der Waals surface area contributed by atoms with Crippen molar-refractivity contribution in [3.63, 3.8) is 0 Å². The summed E-state index contributed by atoms with van der Waals surface area (Å²) in [6.45, 7) is 2.04. The summed E-state index contributed by atoms with van der Waals surface area (Å²) in [6.07, 6.45) is 4.47. The molecule has 0 aromatic carbocycles. The van der Waals surface area contributed by atoms with Crippen LogP contribution in [-0.2, 0) is 4.74 Å². The Hall–Kier alpha value is -0.460. The Labute approximate surface area is 38.6 Å². The van der Waals surface area contributed by atoms with Gasteiger partial charge in [0.15, 0.2) is 0 Å². The van der Waals surface area contributed by atoms with Crippen molar-refractivity contribution < 1.29 is 4.74 Å². The van der Waals surface area contributed by atoms with E-state index in [0.29, 0.717) is 0 Å². The molecule has 0 aromatic rings. The fourth-order valence-corrected chi connectivity index (χ4v) is 0.164. The summed E-state index contributed by atoms with van der Waals surface area (Å²) >= 11 is 0. The van der Waals surface area contributed by atoms with Crippen LogP contribution >= 0.6 is 0 Å². The molecule has 0 N–H and O–H groups in total. The quantitative estimate of drug-likeness (QED) is 0.464. The van der Waals surface area contributed by atoms with Crippen molar-refractivity contribution in [1.29, 1.82) is 0 Å². The molecule has 0 saturated carbocycles. The largest absolute Gasteiger partial charge is 0.498 e. The number of hydrogen-bond donors (Lipinski definition) is 0. The number of allylic oxidation sites excluding steroid dienone is 1. The van der Waals surface area contributed by atoms with Gasteiger partial charge in [-0.05, 0) is 6.42 Å². The van der Waals surface area contributed by atoms with Crippen molar-refractivity contribution in [2.45, 2.75) is 13.3 Å². The van der Waals surface area contributed by atoms with Gasteiger partial charge in [0.25, 0.3) is 0 Å². The lowest BCUT2D eigenvalue weighted by Gasteiger charge is -1.79. The maximum atomic E-state index is 4.35. The highest BCUT2D eigenvalue weighted by Crippen LogP contribution is 1.77. The molecule has 1 nitrogen and oxygen atoms in total. The molecule has 1 heteroatoms. The van der Waals surface area contributed by atoms with Gasteiger partial charge in [-0.15, -0.1) is 0 Å². The molecule has 6 heavy (non-hydrogen) atoms. The second-order valence-electron chi connectivity index (χ2n) is 0.947. The third-order valence-corrected chi connectivity index (χ3v) is 0.428. The van der Waals surface area contributed by atoms with E-state index in [4.69, 9.17) is 0 Å². The molecule has 0 unspecified atom stereocenters. The van der Waals surface area contributed by atoms with Gasteiger partial charge in [-0.1, -0.05) is 13.0 Å². The molecule has 0 amide bonds. The summed E-state index contributed by atoms with van der Waals surface area (Å²) in [5.41, 5.74) is 0. The van der Waals surface area contributed by atoms with Crippen LogP contribution < -0.4 is 0 Å². The zero-order chi connectivity index (χ0) is 4.83. The van der Waals surface area contributed by atoms with Crippen molar-refractivity contribution in [1.82, 2.24) is 0 Å². The minimum atomic E-state index is 1.01. The van der Waals surface area contributed by atoms with E-state index in [1.165, 1.54) is 0 Å². The lowest BCUT2D eigenvalue weighted by molar-refractivity contribution is 0.392. The Balaban J connectivity index is 2.73. The summed E-state index contributed by atoms with van der Waals surface area (Å²) < 4.78 is 4.35. The smallest absolute Gasteiger partial charge is 0.121 e. The molecule has 0 bridgehead atoms. The van der Waals surface area contributed by atoms with Crippen LogP contribution in [0.5, 0.6) is 0 Å². The maximum Gasteiger partial charge on any atom is 0.121 e. The molecular formula is C5H9O. The first kappa shape index (κ1) is 5.54. The van der Waals surface area contributed by atoms with Gasteiger partial charge < -0.3 is 4.74 Å². The van der Waals surface area contributed by atoms with Gasteiger partial charge in [-0.25, -0.2) is 0 Å². The highest BCUT2D eigenvalue weighted by atomic mass is 16.5. The Morgan fingerprint density at radius 3 is 2.67 bits per heavy atom. The molecular weight excluding hydrogens is 76.1 g/mol. The molecule has 0 spiro atoms. The monoisotopic (exact) mass is 85.1 g/mol. The second kappa shape index (κ2) is 4.54. The first-order valence-corrected chi connectivity index (χ1v) is 1.97. The van der Waals surface area contributed by atoms with Gasteiger partial charge in [-0.3, -0.25) is 0 Å². The predicted molar refractivity (Wildman–Crippen MR) is 25.9 cm³/mol. The van der Waals surface area contributed by atoms with Crippen LogP contribution in [-0.4, -0.2) is 0 Å². The Morgan fingerprint density at radius 2 is 2.50 bits per heavy atom. The number of ether oxygens (including phenoxy) is 1. The van der Waals surface area contributed by atoms with E-state index in [1.54, 1.807) is 6.26 Å². The van der Waals surface area contributed by atoms with Gasteiger partial charge in [0.05, 0.1) is 6.26 Å². The van der Waals surface area contributed by atoms with Crippen LogP contribution in [0.4, 0.5) is 0 Å². The van der Waals surface area contributed by atoms with Crippen LogP contribution in [0.1, 0.15) is 13.3 Å². The van der Waals surface area contributed by atoms with Crippen LogP contribution in [0.25, 0.3) is 0 Å². The van der Waals surface area contributed by atoms with E-state index in [1.807, 2.05) is 13.0 Å². The molecule has 1 radical (unpaired) electrons. The average molecular weight is 85.1 g/mol. The van der Waals surface area contributed by atoms with Crippen LogP contribution in [0, 0.1) is 7.11 Å². The van der Waals surface area contributed by atoms with Crippen LogP contribution in [0.15, 0.2) is 12.3 Å². The molecule has 0 atom stereocenters. The zero-order valence-corrected chi connectivity index (χ0v) is 3.98. The highest BCUT2D eigenvalue weighted by Gasteiger charge is 1.58. The fourth-order valence-electron chi connectivity index (χ4n) is 0.164. The van der Waals surface area contributed by atoms with E-state index < -0.39 is 0 Å². The van der Waals surface area contributed by atoms with Crippen molar-refractivity contribution in [2.24, 2.45) is 0 Å². The molecule has 0 rings (SSSR count). The first-order chi connectivity index (χ1) is 2.91. The summed E-state index contributed by atoms with van der Waals surface area (Å²) in [7, 11) is 3.14. The Kier molecular flexibility index (Phi) is 4.19. The average Bonchev–Trinajstić information content (AvgIpc) is 1.61. The molecule has 0 fully saturated rings. The molecule has 0 aliphatic carbocycles. The molecule has 0 aliphatic rings. The molecule has 0 aliphatic heterocycles. The van der Waals surface area contributed by atoms with E-state index in [9.17, 15) is 0 Å². The van der Waals surface area contributed by atoms with E-state index >= 15 is 0 Å². The summed E-state index contributed by atoms with van der Waals surface area (Å²) in [4.78, 5) is 0. The maximum absolute atomic E-state index is 4.35. The lowest BCUT2D eigenvalue weighted by Crippen LogP contribution is -1.57. The van der Waals surface area contributed by atoms with Crippen LogP contribution in [0.3, 0.4) is 0 Å². The fraction of sp³-hybridized carbons (Fsp3) is 0.400. The predicted octanol–water partition coefficient (Wildman–Crippen LogP) is 1.72. The topological polar surface area (TPSA) is 9.23 Å². The van der Waals surface area contributed by atoms with E-state index in [-0.39, 0.29) is 0 Å². The summed E-state index contributed by atoms with van der Waals surface area (Å²) in [5, 5.41) is 0. The van der Waals surface area contributed by atoms with Crippen molar-refractivity contribution in [2.75, 3.05) is 0 Å². The lowest BCUT2D eigenvalue weighted by atomic mass is 10.5. The first-order valence-electron chi connectivity index (χ1n) is 1.97. The van der Waals surface area contributed by atoms with E-state index in [2.05, 4.69) is 11.8 Å². The minimum Gasteiger partial charge on any atom is -0.498 e. The van der Waals surface area contributed by atoms with Gasteiger partial charge in [0.1, 0.15) is 7.11 Å². The van der Waals surface area contributed by atoms with Crippen molar-refractivity contribution in [3.8, 4) is 0 Å². The molecule has 35 valence electrons. The van der Waals surface area contributed by atoms with Crippen molar-refractivity contribution in [3.05, 3.63) is 19.4 Å². The van der Waals surface area contributed by atoms with Crippen molar-refractivity contribution >= 4 is 0 Å². The third kappa shape index (κ3) is 3.54. The standard InChI is InChI=1S/C5H9O/c1-3-4-5-6-2/h4-5H,2-3H2,1H3. The summed E-state index contributed by atoms with van der Waals surface area (Å²) in [5.74, 6) is 0. The van der Waals surface area contributed by atoms with Gasteiger partial charge in [-0.2, -0.15) is 0 Å². The molecule has 0 heterocycles. The Bertz CT molecular complexity index is 33.2. The Morgan fingerprint density at radius 1 is 1.83 bits per heavy atom. The number of hydrogen-bond acceptors (Lipinski definition) is 1. The number of rotatable bonds is 2. The summed E-state index contributed by atoms with van der Waals surface area (Å²) in [6, 6.07) is 0. The molecule has 0 aromatic heterocycles. The highest BCUT2D eigenvalue weighted by molar-refractivity contribution is 4.69. The SMILES string of the molecule is [CH2]OC=CCC. The third-order valence-electron chi connectivity index (χ3n) is 0.428. The van der Waals surface area contributed by atoms with Gasteiger partial charge in [0.2, 0.25) is 0 Å². The molecule has 0 saturated heterocycles. The van der Waals surface area contributed by atoms with Gasteiger partial charge >= 0.3 is 0 Å². The zero-order valence-electron chi connectivity index (χ0n) is 3.98. The minimum absolute atomic E-state index is 1.01. The second-order valence-corrected chi connectivity index (χ2v) is 0.947. The van der Waals surface area contributed by atoms with Crippen LogP contribution in [0.2, 0.25) is 0 Å².